The normalized spacial score (nSPS) is 43.8. The molecule has 0 radical (unpaired) electrons. The van der Waals surface area contributed by atoms with Crippen LogP contribution in [0, 0.1) is 23.7 Å². The first-order valence-corrected chi connectivity index (χ1v) is 21.5. The number of rotatable bonds is 12. The lowest BCUT2D eigenvalue weighted by atomic mass is 9.74. The molecule has 3 aliphatic heterocycles. The van der Waals surface area contributed by atoms with E-state index in [0.717, 1.165) is 0 Å². The molecule has 0 saturated carbocycles. The van der Waals surface area contributed by atoms with Crippen molar-refractivity contribution >= 4 is 23.7 Å². The Hall–Kier alpha value is -2.32. The van der Waals surface area contributed by atoms with E-state index in [9.17, 15) is 39.6 Å². The van der Waals surface area contributed by atoms with Crippen LogP contribution in [0.3, 0.4) is 0 Å². The van der Waals surface area contributed by atoms with E-state index in [-0.39, 0.29) is 38.7 Å². The molecule has 0 aromatic heterocycles. The topological polar surface area (TPSA) is 226 Å². The van der Waals surface area contributed by atoms with Gasteiger partial charge in [0, 0.05) is 37.7 Å². The lowest BCUT2D eigenvalue weighted by Crippen LogP contribution is -2.61. The van der Waals surface area contributed by atoms with Gasteiger partial charge in [0.05, 0.1) is 60.1 Å². The molecule has 0 amide bonds. The van der Waals surface area contributed by atoms with E-state index in [2.05, 4.69) is 0 Å². The molecular weight excluding hydrogens is 786 g/mol. The van der Waals surface area contributed by atoms with Gasteiger partial charge in [-0.25, -0.2) is 0 Å². The van der Waals surface area contributed by atoms with Crippen LogP contribution in [0.1, 0.15) is 115 Å². The molecule has 17 heteroatoms. The largest absolute Gasteiger partial charge is 0.465 e. The quantitative estimate of drug-likeness (QED) is 0.163. The second kappa shape index (κ2) is 21.4. The van der Waals surface area contributed by atoms with Crippen molar-refractivity contribution in [3.63, 3.8) is 0 Å². The van der Waals surface area contributed by atoms with Crippen molar-refractivity contribution in [1.82, 2.24) is 4.90 Å². The van der Waals surface area contributed by atoms with Crippen molar-refractivity contribution in [2.75, 3.05) is 27.8 Å². The van der Waals surface area contributed by atoms with Gasteiger partial charge in [-0.1, -0.05) is 34.6 Å². The summed E-state index contributed by atoms with van der Waals surface area (Å²) < 4.78 is 48.9. The molecule has 60 heavy (non-hydrogen) atoms. The van der Waals surface area contributed by atoms with Crippen LogP contribution in [0.5, 0.6) is 0 Å². The summed E-state index contributed by atoms with van der Waals surface area (Å²) in [6, 6.07) is -0.433. The van der Waals surface area contributed by atoms with Crippen molar-refractivity contribution in [1.29, 1.82) is 0 Å². The van der Waals surface area contributed by atoms with E-state index in [4.69, 9.17) is 37.9 Å². The minimum absolute atomic E-state index is 0.0448. The molecule has 18 atom stereocenters. The van der Waals surface area contributed by atoms with Crippen LogP contribution in [0.15, 0.2) is 0 Å². The van der Waals surface area contributed by atoms with E-state index in [1.54, 1.807) is 48.5 Å². The molecule has 3 fully saturated rings. The zero-order chi connectivity index (χ0) is 45.7. The van der Waals surface area contributed by atoms with E-state index < -0.39 is 132 Å². The molecule has 3 aliphatic rings. The maximum Gasteiger partial charge on any atom is 0.311 e. The monoisotopic (exact) mass is 862 g/mol. The van der Waals surface area contributed by atoms with E-state index in [0.29, 0.717) is 6.42 Å². The van der Waals surface area contributed by atoms with Gasteiger partial charge < -0.3 is 63.2 Å². The third kappa shape index (κ3) is 12.2. The number of hydrogen-bond acceptors (Lipinski definition) is 17. The van der Waals surface area contributed by atoms with Crippen molar-refractivity contribution in [3.8, 4) is 0 Å². The zero-order valence-electron chi connectivity index (χ0n) is 38.2. The second-order valence-corrected chi connectivity index (χ2v) is 18.3. The number of carbonyl (C=O) groups excluding carboxylic acids is 4. The van der Waals surface area contributed by atoms with Crippen molar-refractivity contribution < 1.29 is 77.5 Å². The van der Waals surface area contributed by atoms with Crippen LogP contribution in [0.2, 0.25) is 0 Å². The Bertz CT molecular complexity index is 1440. The number of carbonyl (C=O) groups is 4. The van der Waals surface area contributed by atoms with Crippen molar-refractivity contribution in [3.05, 3.63) is 0 Å². The Morgan fingerprint density at radius 1 is 0.867 bits per heavy atom. The van der Waals surface area contributed by atoms with Gasteiger partial charge in [-0.2, -0.15) is 0 Å². The van der Waals surface area contributed by atoms with Gasteiger partial charge >= 0.3 is 17.9 Å². The fourth-order valence-electron chi connectivity index (χ4n) is 9.08. The number of Topliss-reactive ketones (excluding diaryl/α,β-unsaturated/α-hetero) is 1. The number of ether oxygens (including phenoxy) is 8. The molecule has 4 N–H and O–H groups in total. The highest BCUT2D eigenvalue weighted by Crippen LogP contribution is 2.41. The summed E-state index contributed by atoms with van der Waals surface area (Å²) >= 11 is 0. The fraction of sp³-hybridized carbons (Fsp3) is 0.907. The lowest BCUT2D eigenvalue weighted by Gasteiger charge is -2.49. The first kappa shape index (κ1) is 52.0. The molecular formula is C43H75NO16. The molecule has 0 aromatic carbocycles. The smallest absolute Gasteiger partial charge is 0.311 e. The molecule has 17 nitrogen and oxygen atoms in total. The number of esters is 3. The molecule has 348 valence electrons. The number of hydrogen-bond donors (Lipinski definition) is 4. The predicted molar refractivity (Wildman–Crippen MR) is 216 cm³/mol. The van der Waals surface area contributed by atoms with E-state index in [1.165, 1.54) is 27.9 Å². The number of likely N-dealkylation sites (N-methyl/N-ethyl adjacent to an activating group) is 1. The van der Waals surface area contributed by atoms with Crippen LogP contribution in [-0.2, 0) is 57.1 Å². The third-order valence-corrected chi connectivity index (χ3v) is 12.9. The number of aliphatic hydroxyl groups is 4. The minimum Gasteiger partial charge on any atom is -0.465 e. The van der Waals surface area contributed by atoms with Crippen LogP contribution in [0.4, 0.5) is 0 Å². The molecule has 0 spiro atoms. The highest BCUT2D eigenvalue weighted by molar-refractivity contribution is 5.83. The highest BCUT2D eigenvalue weighted by Gasteiger charge is 2.54. The number of aliphatic hydroxyl groups excluding tert-OH is 2. The van der Waals surface area contributed by atoms with Gasteiger partial charge in [-0.3, -0.25) is 19.2 Å². The number of methoxy groups -OCH3 is 1. The number of ketones is 1. The fourth-order valence-corrected chi connectivity index (χ4v) is 9.08. The standard InChI is InChI=1S/C43H75NO16/c1-15-29-43(11,52)36(48)24(5)33(47)22(3)20-41(9,51)38(25(6)34(26(7)39(50)57-29)59-32-21-42(10,53-14)37(49)27(8)56-32)60-40-35(28(44(12)13)19-23(4)55-40)58-31(46)17-18-54-30(45)16-2/h22-29,32,34-38,40,48-49,51-52H,15-21H2,1-14H3/t22-,23-,24+,25+,26-,27-,28+,29-,32?,34+,35-,36-,37-,38-,40?,41?,42+,43-/m1/s1. The van der Waals surface area contributed by atoms with Gasteiger partial charge in [0.1, 0.15) is 30.2 Å². The van der Waals surface area contributed by atoms with Crippen LogP contribution >= 0.6 is 0 Å². The van der Waals surface area contributed by atoms with Crippen molar-refractivity contribution in [2.45, 2.75) is 199 Å². The Labute approximate surface area is 356 Å². The molecule has 3 rings (SSSR count). The van der Waals surface area contributed by atoms with Gasteiger partial charge in [-0.15, -0.1) is 0 Å². The maximum absolute atomic E-state index is 14.3. The second-order valence-electron chi connectivity index (χ2n) is 18.3. The molecule has 3 saturated heterocycles. The maximum atomic E-state index is 14.3. The summed E-state index contributed by atoms with van der Waals surface area (Å²) in [6.07, 6.45) is -10.7. The number of cyclic esters (lactones) is 1. The Kier molecular flexibility index (Phi) is 18.5. The minimum atomic E-state index is -2.04. The summed E-state index contributed by atoms with van der Waals surface area (Å²) in [6.45, 7) is 17.5. The summed E-state index contributed by atoms with van der Waals surface area (Å²) in [5.41, 5.74) is -5.05. The zero-order valence-corrected chi connectivity index (χ0v) is 38.2. The van der Waals surface area contributed by atoms with Gasteiger partial charge in [0.2, 0.25) is 0 Å². The van der Waals surface area contributed by atoms with Gasteiger partial charge in [0.15, 0.2) is 18.7 Å². The third-order valence-electron chi connectivity index (χ3n) is 12.9. The summed E-state index contributed by atoms with van der Waals surface area (Å²) in [5.74, 6) is -6.51. The summed E-state index contributed by atoms with van der Waals surface area (Å²) in [5, 5.41) is 46.8. The van der Waals surface area contributed by atoms with E-state index >= 15 is 0 Å². The average Bonchev–Trinajstić information content (AvgIpc) is 3.18. The predicted octanol–water partition coefficient (Wildman–Crippen LogP) is 2.68. The first-order valence-electron chi connectivity index (χ1n) is 21.5. The summed E-state index contributed by atoms with van der Waals surface area (Å²) in [7, 11) is 5.10. The van der Waals surface area contributed by atoms with Gasteiger partial charge in [-0.05, 0) is 74.9 Å². The first-order chi connectivity index (χ1) is 27.8. The lowest BCUT2D eigenvalue weighted by molar-refractivity contribution is -0.319. The van der Waals surface area contributed by atoms with Crippen LogP contribution in [-0.4, -0.2) is 161 Å². The van der Waals surface area contributed by atoms with Crippen molar-refractivity contribution in [2.24, 2.45) is 23.7 Å². The summed E-state index contributed by atoms with van der Waals surface area (Å²) in [4.78, 5) is 55.3. The average molecular weight is 862 g/mol. The Morgan fingerprint density at radius 2 is 1.50 bits per heavy atom. The SMILES string of the molecule is CCC(=O)OCCC(=O)O[C@H]1C(O[C@@H]2[C@@H](C)[C@H](OC3C[C@](C)(OC)[C@H](O)[C@@H](C)O3)[C@@H](C)C(=O)O[C@H](CC)[C@@](C)(O)[C@H](O)[C@@H](C)C(=O)[C@H](C)CC2(C)O)O[C@H](C)C[C@@H]1N(C)C. The van der Waals surface area contributed by atoms with Crippen LogP contribution in [0.25, 0.3) is 0 Å². The Morgan fingerprint density at radius 3 is 2.07 bits per heavy atom. The molecule has 0 aliphatic carbocycles. The highest BCUT2D eigenvalue weighted by atomic mass is 16.7. The van der Waals surface area contributed by atoms with Gasteiger partial charge in [0.25, 0.3) is 0 Å². The molecule has 3 unspecified atom stereocenters. The number of nitrogens with zero attached hydrogens (tertiary/aromatic N) is 1. The van der Waals surface area contributed by atoms with E-state index in [1.807, 2.05) is 25.9 Å². The molecule has 0 aromatic rings. The molecule has 0 bridgehead atoms. The Balaban J connectivity index is 2.21. The molecule has 3 heterocycles. The van der Waals surface area contributed by atoms with Crippen LogP contribution < -0.4 is 0 Å².